The number of halogens is 2. The maximum atomic E-state index is 5.18. The van der Waals surface area contributed by atoms with E-state index in [1.807, 2.05) is 6.26 Å². The molecule has 1 aliphatic carbocycles. The van der Waals surface area contributed by atoms with Crippen molar-refractivity contribution in [3.63, 3.8) is 0 Å². The number of allylic oxidation sites excluding steroid dienone is 3. The third-order valence-corrected chi connectivity index (χ3v) is 4.40. The summed E-state index contributed by atoms with van der Waals surface area (Å²) < 4.78 is 5.18. The molecule has 123 valence electrons. The summed E-state index contributed by atoms with van der Waals surface area (Å²) in [4.78, 5) is 0. The van der Waals surface area contributed by atoms with Gasteiger partial charge in [-0.1, -0.05) is 24.8 Å². The zero-order valence-electron chi connectivity index (χ0n) is 13.7. The summed E-state index contributed by atoms with van der Waals surface area (Å²) in [6, 6.07) is 14.7. The molecule has 0 saturated carbocycles. The van der Waals surface area contributed by atoms with Crippen LogP contribution in [0.25, 0.3) is 10.8 Å². The molecule has 24 heavy (non-hydrogen) atoms. The Kier molecular flexibility index (Phi) is 10.8. The summed E-state index contributed by atoms with van der Waals surface area (Å²) in [6.07, 6.45) is 6.29. The Hall–Kier alpha value is -0.600. The van der Waals surface area contributed by atoms with Gasteiger partial charge < -0.3 is 29.6 Å². The molecule has 5 heteroatoms. The fraction of sp³-hybridized carbons (Fsp3) is 0.158. The summed E-state index contributed by atoms with van der Waals surface area (Å²) in [5, 5.41) is 2.66. The zero-order valence-corrected chi connectivity index (χ0v) is 18.7. The standard InChI is InChI=1S/C10H12OSi.C9H7.2ClH.Zr/c1-12(2)7-8-3-9-5-11-6-10(9)4-8;1-2-5-9-7-3-6-8(9)4-1;;;/h3-5,7H,6H2,1-2H3;1-7H;2*1H;/q;-1;;;+3/p-2. The Morgan fingerprint density at radius 2 is 1.83 bits per heavy atom. The van der Waals surface area contributed by atoms with Crippen LogP contribution in [0.15, 0.2) is 77.6 Å². The molecule has 0 unspecified atom stereocenters. The number of ether oxygens (including phenoxy) is 1. The van der Waals surface area contributed by atoms with Crippen LogP contribution in [0.3, 0.4) is 0 Å². The topological polar surface area (TPSA) is 9.23 Å². The molecule has 0 N–H and O–H groups in total. The molecule has 1 aliphatic heterocycles. The molecule has 1 nitrogen and oxygen atoms in total. The van der Waals surface area contributed by atoms with Crippen LogP contribution in [-0.2, 0) is 30.9 Å². The Morgan fingerprint density at radius 3 is 2.50 bits per heavy atom. The molecule has 2 aromatic rings. The molecular weight excluding hydrogens is 434 g/mol. The van der Waals surface area contributed by atoms with Crippen molar-refractivity contribution >= 4 is 24.9 Å². The minimum Gasteiger partial charge on any atom is -1.00 e. The van der Waals surface area contributed by atoms with E-state index in [9.17, 15) is 0 Å². The predicted molar refractivity (Wildman–Crippen MR) is 93.3 cm³/mol. The number of hydrogen-bond donors (Lipinski definition) is 0. The van der Waals surface area contributed by atoms with Crippen molar-refractivity contribution in [2.75, 3.05) is 6.61 Å². The second-order valence-corrected chi connectivity index (χ2v) is 8.02. The van der Waals surface area contributed by atoms with Crippen LogP contribution in [-0.4, -0.2) is 20.7 Å². The van der Waals surface area contributed by atoms with E-state index in [-0.39, 0.29) is 59.4 Å². The first-order valence-corrected chi connectivity index (χ1v) is 9.80. The van der Waals surface area contributed by atoms with E-state index >= 15 is 0 Å². The van der Waals surface area contributed by atoms with Crippen LogP contribution in [0.5, 0.6) is 0 Å². The first kappa shape index (κ1) is 23.4. The first-order chi connectivity index (χ1) is 10.2. The Bertz CT molecular complexity index is 753. The minimum atomic E-state index is -0.254. The van der Waals surface area contributed by atoms with Gasteiger partial charge in [0.1, 0.15) is 6.61 Å². The van der Waals surface area contributed by atoms with E-state index < -0.39 is 0 Å². The van der Waals surface area contributed by atoms with Crippen LogP contribution in [0.1, 0.15) is 0 Å². The van der Waals surface area contributed by atoms with Crippen LogP contribution >= 0.6 is 0 Å². The fourth-order valence-corrected chi connectivity index (χ4v) is 3.37. The van der Waals surface area contributed by atoms with E-state index in [1.54, 1.807) is 0 Å². The van der Waals surface area contributed by atoms with Gasteiger partial charge in [0.25, 0.3) is 0 Å². The smallest absolute Gasteiger partial charge is 1.00 e. The van der Waals surface area contributed by atoms with E-state index in [0.717, 1.165) is 6.61 Å². The normalized spacial score (nSPS) is 13.3. The predicted octanol–water partition coefficient (Wildman–Crippen LogP) is -1.53. The van der Waals surface area contributed by atoms with Crippen LogP contribution in [0.4, 0.5) is 0 Å². The van der Waals surface area contributed by atoms with Gasteiger partial charge in [-0.05, 0) is 17.7 Å². The SMILES string of the molecule is C[Si](C)=CC1=CC2=COCC2=C1.[Cl-].[Cl-].[Zr+3].c1ccc2[cH-]ccc2c1. The van der Waals surface area contributed by atoms with Crippen molar-refractivity contribution < 1.29 is 55.8 Å². The molecule has 0 amide bonds. The van der Waals surface area contributed by atoms with Gasteiger partial charge in [-0.3, -0.25) is 0 Å². The summed E-state index contributed by atoms with van der Waals surface area (Å²) >= 11 is 0. The monoisotopic (exact) mass is 451 g/mol. The maximum Gasteiger partial charge on any atom is 3.00 e. The van der Waals surface area contributed by atoms with Crippen molar-refractivity contribution in [1.29, 1.82) is 0 Å². The van der Waals surface area contributed by atoms with E-state index in [2.05, 4.69) is 73.4 Å². The summed E-state index contributed by atoms with van der Waals surface area (Å²) in [5.74, 6) is 0. The maximum absolute atomic E-state index is 5.18. The second kappa shape index (κ2) is 11.1. The van der Waals surface area contributed by atoms with Crippen molar-refractivity contribution in [3.05, 3.63) is 77.6 Å². The largest absolute Gasteiger partial charge is 3.00 e. The van der Waals surface area contributed by atoms with E-state index in [1.165, 1.54) is 27.5 Å². The van der Waals surface area contributed by atoms with Crippen molar-refractivity contribution in [2.24, 2.45) is 0 Å². The molecule has 2 aliphatic rings. The zero-order chi connectivity index (χ0) is 14.7. The van der Waals surface area contributed by atoms with Crippen molar-refractivity contribution in [1.82, 2.24) is 0 Å². The average molecular weight is 454 g/mol. The fourth-order valence-electron chi connectivity index (χ4n) is 2.54. The molecular formula is C19H19Cl2OSiZr. The van der Waals surface area contributed by atoms with Crippen molar-refractivity contribution in [2.45, 2.75) is 13.1 Å². The molecule has 0 atom stereocenters. The van der Waals surface area contributed by atoms with Gasteiger partial charge in [-0.15, -0.1) is 29.7 Å². The van der Waals surface area contributed by atoms with Crippen LogP contribution < -0.4 is 24.8 Å². The van der Waals surface area contributed by atoms with Gasteiger partial charge in [-0.2, -0.15) is 17.5 Å². The quantitative estimate of drug-likeness (QED) is 0.376. The Morgan fingerprint density at radius 1 is 1.08 bits per heavy atom. The van der Waals surface area contributed by atoms with Gasteiger partial charge >= 0.3 is 26.2 Å². The molecule has 2 aromatic carbocycles. The molecule has 1 radical (unpaired) electrons. The molecule has 0 bridgehead atoms. The summed E-state index contributed by atoms with van der Waals surface area (Å²) in [7, 11) is -0.254. The number of fused-ring (bicyclic) bond motifs is 2. The molecule has 4 rings (SSSR count). The molecule has 1 heterocycles. The molecule has 0 spiro atoms. The van der Waals surface area contributed by atoms with Gasteiger partial charge in [-0.25, -0.2) is 0 Å². The molecule has 0 saturated heterocycles. The molecule has 0 aromatic heterocycles. The van der Waals surface area contributed by atoms with E-state index in [4.69, 9.17) is 4.74 Å². The van der Waals surface area contributed by atoms with Gasteiger partial charge in [0, 0.05) is 19.6 Å². The Labute approximate surface area is 177 Å². The van der Waals surface area contributed by atoms with Crippen molar-refractivity contribution in [3.8, 4) is 0 Å². The number of rotatable bonds is 1. The third-order valence-electron chi connectivity index (χ3n) is 3.49. The average Bonchev–Trinajstić information content (AvgIpc) is 3.12. The first-order valence-electron chi connectivity index (χ1n) is 7.22. The van der Waals surface area contributed by atoms with Gasteiger partial charge in [0.2, 0.25) is 0 Å². The summed E-state index contributed by atoms with van der Waals surface area (Å²) in [6.45, 7) is 5.35. The van der Waals surface area contributed by atoms with E-state index in [0.29, 0.717) is 0 Å². The summed E-state index contributed by atoms with van der Waals surface area (Å²) in [5.41, 5.74) is 6.35. The van der Waals surface area contributed by atoms with Gasteiger partial charge in [0.05, 0.1) is 6.26 Å². The number of hydrogen-bond acceptors (Lipinski definition) is 1. The van der Waals surface area contributed by atoms with Crippen LogP contribution in [0, 0.1) is 0 Å². The minimum absolute atomic E-state index is 0. The number of benzene rings is 1. The Balaban J connectivity index is 0.000000402. The van der Waals surface area contributed by atoms with Crippen LogP contribution in [0.2, 0.25) is 13.1 Å². The van der Waals surface area contributed by atoms with Gasteiger partial charge in [0.15, 0.2) is 0 Å². The molecule has 0 fully saturated rings. The second-order valence-electron chi connectivity index (χ2n) is 5.57. The third kappa shape index (κ3) is 6.04.